The fraction of sp³-hybridized carbons (Fsp3) is 0.556. The first kappa shape index (κ1) is 17.7. The molecule has 7 nitrogen and oxygen atoms in total. The Hall–Kier alpha value is -2.12. The second kappa shape index (κ2) is 7.01. The molecule has 7 heteroatoms. The molecule has 2 aliphatic heterocycles. The molecular weight excluding hydrogens is 322 g/mol. The Labute approximate surface area is 147 Å². The van der Waals surface area contributed by atoms with Gasteiger partial charge in [-0.25, -0.2) is 4.79 Å². The number of rotatable bonds is 2. The summed E-state index contributed by atoms with van der Waals surface area (Å²) in [4.78, 5) is 28.9. The number of carbonyl (C=O) groups excluding carboxylic acids is 2. The van der Waals surface area contributed by atoms with Gasteiger partial charge < -0.3 is 25.3 Å². The number of para-hydroxylation sites is 1. The first-order valence-electron chi connectivity index (χ1n) is 8.72. The summed E-state index contributed by atoms with van der Waals surface area (Å²) in [6, 6.07) is 6.52. The lowest BCUT2D eigenvalue weighted by Gasteiger charge is -2.35. The number of carbonyl (C=O) groups is 2. The number of anilines is 1. The highest BCUT2D eigenvalue weighted by Gasteiger charge is 2.41. The zero-order chi connectivity index (χ0) is 18.1. The molecule has 0 saturated carbocycles. The molecule has 2 heterocycles. The molecule has 3 amide bonds. The second-order valence-electron chi connectivity index (χ2n) is 6.93. The fourth-order valence-corrected chi connectivity index (χ4v) is 3.49. The van der Waals surface area contributed by atoms with E-state index in [2.05, 4.69) is 5.32 Å². The van der Waals surface area contributed by atoms with Gasteiger partial charge in [-0.1, -0.05) is 38.5 Å². The summed E-state index contributed by atoms with van der Waals surface area (Å²) >= 11 is 0. The third kappa shape index (κ3) is 3.34. The Balaban J connectivity index is 1.94. The molecule has 1 fully saturated rings. The van der Waals surface area contributed by atoms with Crippen molar-refractivity contribution in [3.8, 4) is 0 Å². The van der Waals surface area contributed by atoms with Gasteiger partial charge in [0.05, 0.1) is 31.8 Å². The number of nitrogens with zero attached hydrogens (tertiary/aromatic N) is 2. The maximum Gasteiger partial charge on any atom is 0.321 e. The summed E-state index contributed by atoms with van der Waals surface area (Å²) in [6.07, 6.45) is -1.14. The molecule has 0 radical (unpaired) electrons. The minimum Gasteiger partial charge on any atom is -0.388 e. The van der Waals surface area contributed by atoms with E-state index in [-0.39, 0.29) is 30.9 Å². The lowest BCUT2D eigenvalue weighted by molar-refractivity contribution is -0.122. The fourth-order valence-electron chi connectivity index (χ4n) is 3.49. The van der Waals surface area contributed by atoms with Crippen molar-refractivity contribution in [1.82, 2.24) is 9.80 Å². The zero-order valence-corrected chi connectivity index (χ0v) is 14.6. The molecule has 0 aromatic heterocycles. The number of nitrogens with one attached hydrogen (secondary N) is 1. The summed E-state index contributed by atoms with van der Waals surface area (Å²) < 4.78 is 0. The lowest BCUT2D eigenvalue weighted by atomic mass is 9.97. The lowest BCUT2D eigenvalue weighted by Crippen LogP contribution is -2.53. The van der Waals surface area contributed by atoms with Gasteiger partial charge in [0.2, 0.25) is 5.91 Å². The summed E-state index contributed by atoms with van der Waals surface area (Å²) in [5, 5.41) is 22.5. The molecule has 3 N–H and O–H groups in total. The van der Waals surface area contributed by atoms with Crippen LogP contribution in [0.1, 0.15) is 25.8 Å². The van der Waals surface area contributed by atoms with Gasteiger partial charge in [0.15, 0.2) is 0 Å². The molecule has 0 aliphatic carbocycles. The van der Waals surface area contributed by atoms with Crippen molar-refractivity contribution >= 4 is 17.6 Å². The van der Waals surface area contributed by atoms with Crippen LogP contribution in [0.4, 0.5) is 10.5 Å². The first-order chi connectivity index (χ1) is 11.9. The molecule has 3 rings (SSSR count). The van der Waals surface area contributed by atoms with Crippen LogP contribution in [0, 0.1) is 5.92 Å². The van der Waals surface area contributed by atoms with Gasteiger partial charge in [-0.15, -0.1) is 0 Å². The number of urea groups is 1. The smallest absolute Gasteiger partial charge is 0.321 e. The Kier molecular flexibility index (Phi) is 4.96. The van der Waals surface area contributed by atoms with Crippen molar-refractivity contribution < 1.29 is 19.8 Å². The van der Waals surface area contributed by atoms with E-state index in [1.165, 1.54) is 4.90 Å². The number of aliphatic hydroxyl groups is 2. The summed E-state index contributed by atoms with van der Waals surface area (Å²) in [7, 11) is 0. The first-order valence-corrected chi connectivity index (χ1v) is 8.72. The number of likely N-dealkylation sites (tertiary alicyclic amines) is 1. The van der Waals surface area contributed by atoms with Crippen LogP contribution in [0.25, 0.3) is 0 Å². The minimum atomic E-state index is -0.945. The number of β-amino-alcohol motifs (C(OH)–C–C–N with tert-alkyl or cyclic N) is 2. The molecule has 1 aromatic rings. The van der Waals surface area contributed by atoms with Crippen LogP contribution in [0.3, 0.4) is 0 Å². The maximum absolute atomic E-state index is 13.1. The SMILES string of the molecule is CC[C@H](C)[C@H]1C(=O)Nc2ccccc2CN1C(=O)N1C[C@@H](O)[C@H](O)C1. The Bertz CT molecular complexity index is 655. The molecule has 4 atom stereocenters. The van der Waals surface area contributed by atoms with Crippen molar-refractivity contribution in [2.24, 2.45) is 5.92 Å². The van der Waals surface area contributed by atoms with Crippen molar-refractivity contribution in [2.75, 3.05) is 18.4 Å². The zero-order valence-electron chi connectivity index (χ0n) is 14.6. The van der Waals surface area contributed by atoms with E-state index in [9.17, 15) is 19.8 Å². The number of hydrogen-bond acceptors (Lipinski definition) is 4. The van der Waals surface area contributed by atoms with E-state index in [0.717, 1.165) is 17.7 Å². The molecular formula is C18H25N3O4. The normalized spacial score (nSPS) is 27.5. The Morgan fingerprint density at radius 3 is 2.56 bits per heavy atom. The van der Waals surface area contributed by atoms with E-state index >= 15 is 0 Å². The summed E-state index contributed by atoms with van der Waals surface area (Å²) in [5.41, 5.74) is 1.59. The summed E-state index contributed by atoms with van der Waals surface area (Å²) in [6.45, 7) is 4.40. The molecule has 2 aliphatic rings. The molecule has 0 unspecified atom stereocenters. The van der Waals surface area contributed by atoms with Crippen molar-refractivity contribution in [3.63, 3.8) is 0 Å². The Morgan fingerprint density at radius 2 is 1.92 bits per heavy atom. The van der Waals surface area contributed by atoms with Gasteiger partial charge in [-0.05, 0) is 17.5 Å². The predicted molar refractivity (Wildman–Crippen MR) is 92.8 cm³/mol. The van der Waals surface area contributed by atoms with E-state index in [1.807, 2.05) is 38.1 Å². The van der Waals surface area contributed by atoms with Gasteiger partial charge >= 0.3 is 6.03 Å². The molecule has 0 spiro atoms. The maximum atomic E-state index is 13.1. The predicted octanol–water partition coefficient (Wildman–Crippen LogP) is 1.01. The van der Waals surface area contributed by atoms with Crippen LogP contribution in [-0.2, 0) is 11.3 Å². The third-order valence-corrected chi connectivity index (χ3v) is 5.18. The number of amides is 3. The van der Waals surface area contributed by atoms with Gasteiger partial charge in [0.25, 0.3) is 0 Å². The molecule has 1 saturated heterocycles. The second-order valence-corrected chi connectivity index (χ2v) is 6.93. The van der Waals surface area contributed by atoms with Crippen molar-refractivity contribution in [1.29, 1.82) is 0 Å². The van der Waals surface area contributed by atoms with E-state index in [1.54, 1.807) is 4.90 Å². The number of fused-ring (bicyclic) bond motifs is 1. The quantitative estimate of drug-likeness (QED) is 0.744. The highest BCUT2D eigenvalue weighted by Crippen LogP contribution is 2.28. The highest BCUT2D eigenvalue weighted by molar-refractivity contribution is 5.98. The average molecular weight is 347 g/mol. The van der Waals surface area contributed by atoms with Crippen LogP contribution in [-0.4, -0.2) is 63.3 Å². The van der Waals surface area contributed by atoms with E-state index < -0.39 is 18.2 Å². The Morgan fingerprint density at radius 1 is 1.28 bits per heavy atom. The standard InChI is InChI=1S/C18H25N3O4/c1-3-11(2)16-17(24)19-13-7-5-4-6-12(13)8-21(16)18(25)20-9-14(22)15(23)10-20/h4-7,11,14-16,22-23H,3,8-10H2,1-2H3,(H,19,24)/t11-,14+,15+,16-/m0/s1. The van der Waals surface area contributed by atoms with Gasteiger partial charge in [0, 0.05) is 5.69 Å². The van der Waals surface area contributed by atoms with Crippen LogP contribution in [0.15, 0.2) is 24.3 Å². The largest absolute Gasteiger partial charge is 0.388 e. The third-order valence-electron chi connectivity index (χ3n) is 5.18. The van der Waals surface area contributed by atoms with Crippen LogP contribution in [0.2, 0.25) is 0 Å². The van der Waals surface area contributed by atoms with Crippen molar-refractivity contribution in [2.45, 2.75) is 45.1 Å². The summed E-state index contributed by atoms with van der Waals surface area (Å²) in [5.74, 6) is -0.219. The van der Waals surface area contributed by atoms with Gasteiger partial charge in [0.1, 0.15) is 6.04 Å². The monoisotopic (exact) mass is 347 g/mol. The van der Waals surface area contributed by atoms with E-state index in [0.29, 0.717) is 6.54 Å². The van der Waals surface area contributed by atoms with Gasteiger partial charge in [-0.2, -0.15) is 0 Å². The number of aliphatic hydroxyl groups excluding tert-OH is 2. The number of benzene rings is 1. The van der Waals surface area contributed by atoms with Crippen LogP contribution in [0.5, 0.6) is 0 Å². The molecule has 1 aromatic carbocycles. The van der Waals surface area contributed by atoms with Crippen molar-refractivity contribution in [3.05, 3.63) is 29.8 Å². The van der Waals surface area contributed by atoms with E-state index in [4.69, 9.17) is 0 Å². The molecule has 0 bridgehead atoms. The van der Waals surface area contributed by atoms with Gasteiger partial charge in [-0.3, -0.25) is 4.79 Å². The molecule has 25 heavy (non-hydrogen) atoms. The topological polar surface area (TPSA) is 93.1 Å². The molecule has 136 valence electrons. The minimum absolute atomic E-state index is 0.0179. The van der Waals surface area contributed by atoms with Crippen LogP contribution >= 0.6 is 0 Å². The number of hydrogen-bond donors (Lipinski definition) is 3. The van der Waals surface area contributed by atoms with Crippen LogP contribution < -0.4 is 5.32 Å². The average Bonchev–Trinajstić information content (AvgIpc) is 2.85. The highest BCUT2D eigenvalue weighted by atomic mass is 16.3.